The molecule has 0 N–H and O–H groups in total. The van der Waals surface area contributed by atoms with Crippen LogP contribution in [0.3, 0.4) is 0 Å². The molecule has 6 rings (SSSR count). The highest BCUT2D eigenvalue weighted by Gasteiger charge is 2.40. The fourth-order valence-electron chi connectivity index (χ4n) is 4.98. The summed E-state index contributed by atoms with van der Waals surface area (Å²) in [5.74, 6) is 2.65. The zero-order valence-corrected chi connectivity index (χ0v) is 21.6. The Morgan fingerprint density at radius 2 is 1.53 bits per heavy atom. The quantitative estimate of drug-likeness (QED) is 0.219. The molecule has 0 aromatic heterocycles. The number of nitrogens with zero attached hydrogens (tertiary/aromatic N) is 2. The summed E-state index contributed by atoms with van der Waals surface area (Å²) in [7, 11) is 0. The van der Waals surface area contributed by atoms with Gasteiger partial charge in [0.1, 0.15) is 23.9 Å². The molecule has 4 aromatic carbocycles. The van der Waals surface area contributed by atoms with E-state index in [0.29, 0.717) is 6.61 Å². The van der Waals surface area contributed by atoms with E-state index in [1.165, 1.54) is 5.56 Å². The fourth-order valence-corrected chi connectivity index (χ4v) is 4.98. The fraction of sp³-hybridized carbons (Fsp3) is 0.242. The molecule has 5 heteroatoms. The topological polar surface area (TPSA) is 43.3 Å². The van der Waals surface area contributed by atoms with Gasteiger partial charge in [-0.05, 0) is 72.1 Å². The van der Waals surface area contributed by atoms with Gasteiger partial charge in [-0.25, -0.2) is 5.01 Å². The molecule has 0 fully saturated rings. The van der Waals surface area contributed by atoms with Crippen molar-refractivity contribution in [1.29, 1.82) is 0 Å². The first-order chi connectivity index (χ1) is 18.8. The molecule has 0 spiro atoms. The number of benzene rings is 4. The normalized spacial score (nSPS) is 17.7. The molecule has 0 saturated carbocycles. The molecule has 5 nitrogen and oxygen atoms in total. The molecule has 192 valence electrons. The van der Waals surface area contributed by atoms with E-state index in [1.54, 1.807) is 0 Å². The van der Waals surface area contributed by atoms with E-state index in [-0.39, 0.29) is 12.3 Å². The van der Waals surface area contributed by atoms with Crippen molar-refractivity contribution in [2.75, 3.05) is 6.61 Å². The molecule has 0 bridgehead atoms. The Labute approximate surface area is 224 Å². The van der Waals surface area contributed by atoms with Crippen LogP contribution >= 0.6 is 0 Å². The number of rotatable bonds is 9. The second-order valence-electron chi connectivity index (χ2n) is 9.72. The van der Waals surface area contributed by atoms with E-state index >= 15 is 0 Å². The molecular weight excluding hydrogens is 472 g/mol. The van der Waals surface area contributed by atoms with Gasteiger partial charge in [0.2, 0.25) is 6.23 Å². The van der Waals surface area contributed by atoms with Crippen molar-refractivity contribution in [2.24, 2.45) is 5.10 Å². The molecule has 0 saturated heterocycles. The minimum Gasteiger partial charge on any atom is -0.494 e. The van der Waals surface area contributed by atoms with Crippen LogP contribution in [0.15, 0.2) is 108 Å². The van der Waals surface area contributed by atoms with E-state index in [0.717, 1.165) is 65.5 Å². The van der Waals surface area contributed by atoms with Gasteiger partial charge >= 0.3 is 0 Å². The molecule has 4 aromatic rings. The van der Waals surface area contributed by atoms with Gasteiger partial charge in [0.25, 0.3) is 0 Å². The average Bonchev–Trinajstić information content (AvgIpc) is 3.43. The third-order valence-corrected chi connectivity index (χ3v) is 7.07. The molecule has 2 atom stereocenters. The molecule has 2 aliphatic rings. The minimum atomic E-state index is -0.313. The van der Waals surface area contributed by atoms with Crippen LogP contribution in [0, 0.1) is 0 Å². The van der Waals surface area contributed by atoms with Crippen LogP contribution in [0.2, 0.25) is 0 Å². The van der Waals surface area contributed by atoms with Gasteiger partial charge in [-0.2, -0.15) is 5.10 Å². The molecule has 38 heavy (non-hydrogen) atoms. The molecule has 2 heterocycles. The number of hydrogen-bond acceptors (Lipinski definition) is 5. The van der Waals surface area contributed by atoms with Gasteiger partial charge in [0.05, 0.1) is 18.4 Å². The maximum Gasteiger partial charge on any atom is 0.213 e. The summed E-state index contributed by atoms with van der Waals surface area (Å²) in [4.78, 5) is 0. The van der Waals surface area contributed by atoms with Crippen molar-refractivity contribution in [3.63, 3.8) is 0 Å². The van der Waals surface area contributed by atoms with E-state index < -0.39 is 0 Å². The van der Waals surface area contributed by atoms with Gasteiger partial charge in [0, 0.05) is 17.5 Å². The summed E-state index contributed by atoms with van der Waals surface area (Å²) in [5, 5.41) is 7.21. The SMILES string of the molecule is CCCCOc1ccc(C2=NN3[C@@H](c4ccc(OCc5ccccc5)cc4)Oc4ccccc4[C@@H]3C2)cc1. The second kappa shape index (κ2) is 11.0. The lowest BCUT2D eigenvalue weighted by atomic mass is 9.96. The summed E-state index contributed by atoms with van der Waals surface area (Å²) in [6.45, 7) is 3.46. The van der Waals surface area contributed by atoms with Crippen molar-refractivity contribution in [2.45, 2.75) is 45.1 Å². The monoisotopic (exact) mass is 504 g/mol. The first-order valence-corrected chi connectivity index (χ1v) is 13.4. The van der Waals surface area contributed by atoms with Crippen molar-refractivity contribution < 1.29 is 14.2 Å². The predicted octanol–water partition coefficient (Wildman–Crippen LogP) is 7.69. The molecule has 0 amide bonds. The average molecular weight is 505 g/mol. The Kier molecular flexibility index (Phi) is 6.99. The lowest BCUT2D eigenvalue weighted by molar-refractivity contribution is -0.0190. The standard InChI is InChI=1S/C33H32N2O3/c1-2-3-21-36-27-17-13-25(14-18-27)30-22-31-29-11-7-8-12-32(29)38-33(35(31)34-30)26-15-19-28(20-16-26)37-23-24-9-5-4-6-10-24/h4-20,31,33H,2-3,21-23H2,1H3/t31-,33+/m0/s1. The zero-order valence-electron chi connectivity index (χ0n) is 21.6. The number of ether oxygens (including phenoxy) is 3. The first kappa shape index (κ1) is 24.1. The lowest BCUT2D eigenvalue weighted by Crippen LogP contribution is -2.33. The Hall–Kier alpha value is -4.25. The van der Waals surface area contributed by atoms with Crippen molar-refractivity contribution in [1.82, 2.24) is 5.01 Å². The maximum atomic E-state index is 6.52. The highest BCUT2D eigenvalue weighted by Crippen LogP contribution is 2.47. The van der Waals surface area contributed by atoms with Crippen LogP contribution in [-0.4, -0.2) is 17.3 Å². The summed E-state index contributed by atoms with van der Waals surface area (Å²) < 4.78 is 18.4. The van der Waals surface area contributed by atoms with Gasteiger partial charge in [-0.3, -0.25) is 0 Å². The highest BCUT2D eigenvalue weighted by atomic mass is 16.5. The number of para-hydroxylation sites is 1. The minimum absolute atomic E-state index is 0.120. The number of hydrogen-bond donors (Lipinski definition) is 0. The molecule has 0 aliphatic carbocycles. The summed E-state index contributed by atoms with van der Waals surface area (Å²) in [5.41, 5.74) is 5.53. The van der Waals surface area contributed by atoms with E-state index in [2.05, 4.69) is 66.5 Å². The number of fused-ring (bicyclic) bond motifs is 3. The Bertz CT molecular complexity index is 1380. The van der Waals surface area contributed by atoms with E-state index in [1.807, 2.05) is 48.5 Å². The Morgan fingerprint density at radius 1 is 0.816 bits per heavy atom. The zero-order chi connectivity index (χ0) is 25.7. The van der Waals surface area contributed by atoms with Crippen LogP contribution in [0.1, 0.15) is 60.7 Å². The number of hydrazone groups is 1. The first-order valence-electron chi connectivity index (χ1n) is 13.4. The molecular formula is C33H32N2O3. The van der Waals surface area contributed by atoms with Gasteiger partial charge in [-0.1, -0.05) is 61.9 Å². The molecule has 0 radical (unpaired) electrons. The Balaban J connectivity index is 1.22. The summed E-state index contributed by atoms with van der Waals surface area (Å²) >= 11 is 0. The van der Waals surface area contributed by atoms with Crippen LogP contribution in [-0.2, 0) is 6.61 Å². The molecule has 0 unspecified atom stereocenters. The largest absolute Gasteiger partial charge is 0.494 e. The Morgan fingerprint density at radius 3 is 2.32 bits per heavy atom. The van der Waals surface area contributed by atoms with Gasteiger partial charge in [-0.15, -0.1) is 0 Å². The third kappa shape index (κ3) is 5.10. The maximum absolute atomic E-state index is 6.52. The van der Waals surface area contributed by atoms with Crippen molar-refractivity contribution >= 4 is 5.71 Å². The lowest BCUT2D eigenvalue weighted by Gasteiger charge is -2.38. The highest BCUT2D eigenvalue weighted by molar-refractivity contribution is 6.02. The smallest absolute Gasteiger partial charge is 0.213 e. The number of unbranched alkanes of at least 4 members (excludes halogenated alkanes) is 1. The predicted molar refractivity (Wildman–Crippen MR) is 150 cm³/mol. The summed E-state index contributed by atoms with van der Waals surface area (Å²) in [6, 6.07) is 35.1. The van der Waals surface area contributed by atoms with Gasteiger partial charge in [0.15, 0.2) is 0 Å². The van der Waals surface area contributed by atoms with Crippen LogP contribution in [0.5, 0.6) is 17.2 Å². The van der Waals surface area contributed by atoms with Crippen LogP contribution < -0.4 is 14.2 Å². The van der Waals surface area contributed by atoms with Gasteiger partial charge < -0.3 is 14.2 Å². The summed E-state index contributed by atoms with van der Waals surface area (Å²) in [6.07, 6.45) is 2.70. The van der Waals surface area contributed by atoms with Crippen LogP contribution in [0.25, 0.3) is 0 Å². The van der Waals surface area contributed by atoms with Crippen molar-refractivity contribution in [3.05, 3.63) is 125 Å². The molecule has 2 aliphatic heterocycles. The van der Waals surface area contributed by atoms with Crippen LogP contribution in [0.4, 0.5) is 0 Å². The van der Waals surface area contributed by atoms with Crippen molar-refractivity contribution in [3.8, 4) is 17.2 Å². The third-order valence-electron chi connectivity index (χ3n) is 7.07. The van der Waals surface area contributed by atoms with E-state index in [4.69, 9.17) is 19.3 Å². The van der Waals surface area contributed by atoms with E-state index in [9.17, 15) is 0 Å². The second-order valence-corrected chi connectivity index (χ2v) is 9.72.